The third kappa shape index (κ3) is 3.51. The summed E-state index contributed by atoms with van der Waals surface area (Å²) in [5.41, 5.74) is 1.92. The Morgan fingerprint density at radius 1 is 1.38 bits per heavy atom. The number of methoxy groups -OCH3 is 1. The molecule has 0 unspecified atom stereocenters. The number of hydrogen-bond donors (Lipinski definition) is 1. The Hall–Kier alpha value is -1.06. The minimum Gasteiger partial charge on any atom is -0.507 e. The van der Waals surface area contributed by atoms with Gasteiger partial charge in [-0.15, -0.1) is 0 Å². The number of phenols is 1. The van der Waals surface area contributed by atoms with Gasteiger partial charge in [0.05, 0.1) is 6.61 Å². The van der Waals surface area contributed by atoms with Gasteiger partial charge < -0.3 is 9.84 Å². The molecular weight excluding hydrogens is 202 g/mol. The van der Waals surface area contributed by atoms with Crippen LogP contribution in [0.2, 0.25) is 0 Å². The average molecular weight is 223 g/mol. The third-order valence-electron chi connectivity index (χ3n) is 2.77. The van der Waals surface area contributed by atoms with E-state index in [1.54, 1.807) is 7.11 Å². The second kappa shape index (κ2) is 6.51. The molecule has 0 fully saturated rings. The first-order chi connectivity index (χ1) is 7.69. The zero-order chi connectivity index (χ0) is 12.0. The molecule has 1 aromatic carbocycles. The lowest BCUT2D eigenvalue weighted by Gasteiger charge is -2.20. The summed E-state index contributed by atoms with van der Waals surface area (Å²) in [6.45, 7) is 7.37. The first kappa shape index (κ1) is 13.0. The highest BCUT2D eigenvalue weighted by Gasteiger charge is 2.08. The summed E-state index contributed by atoms with van der Waals surface area (Å²) in [6.07, 6.45) is 0. The summed E-state index contributed by atoms with van der Waals surface area (Å²) in [6, 6.07) is 5.87. The van der Waals surface area contributed by atoms with Crippen molar-refractivity contribution >= 4 is 0 Å². The van der Waals surface area contributed by atoms with Gasteiger partial charge >= 0.3 is 0 Å². The van der Waals surface area contributed by atoms with Crippen LogP contribution in [-0.4, -0.2) is 36.8 Å². The number of ether oxygens (including phenoxy) is 1. The number of aromatic hydroxyl groups is 1. The van der Waals surface area contributed by atoms with Crippen LogP contribution in [0.1, 0.15) is 18.1 Å². The molecule has 1 aromatic rings. The molecule has 90 valence electrons. The lowest BCUT2D eigenvalue weighted by Crippen LogP contribution is -2.26. The third-order valence-corrected chi connectivity index (χ3v) is 2.77. The van der Waals surface area contributed by atoms with Crippen molar-refractivity contribution in [2.24, 2.45) is 0 Å². The van der Waals surface area contributed by atoms with Crippen molar-refractivity contribution in [2.45, 2.75) is 20.4 Å². The summed E-state index contributed by atoms with van der Waals surface area (Å²) in [5.74, 6) is 0.415. The monoisotopic (exact) mass is 223 g/mol. The van der Waals surface area contributed by atoms with Gasteiger partial charge in [-0.25, -0.2) is 0 Å². The Kier molecular flexibility index (Phi) is 5.29. The molecule has 0 atom stereocenters. The summed E-state index contributed by atoms with van der Waals surface area (Å²) >= 11 is 0. The second-order valence-electron chi connectivity index (χ2n) is 3.94. The lowest BCUT2D eigenvalue weighted by atomic mass is 10.1. The van der Waals surface area contributed by atoms with Crippen LogP contribution in [0.4, 0.5) is 0 Å². The summed E-state index contributed by atoms with van der Waals surface area (Å²) in [4.78, 5) is 2.25. The van der Waals surface area contributed by atoms with Crippen molar-refractivity contribution in [2.75, 3.05) is 26.8 Å². The molecule has 0 aromatic heterocycles. The molecule has 0 radical (unpaired) electrons. The van der Waals surface area contributed by atoms with E-state index >= 15 is 0 Å². The second-order valence-corrected chi connectivity index (χ2v) is 3.94. The van der Waals surface area contributed by atoms with Gasteiger partial charge in [0.25, 0.3) is 0 Å². The molecule has 0 heterocycles. The van der Waals surface area contributed by atoms with Gasteiger partial charge in [0, 0.05) is 25.8 Å². The van der Waals surface area contributed by atoms with Gasteiger partial charge in [-0.1, -0.05) is 25.1 Å². The highest BCUT2D eigenvalue weighted by atomic mass is 16.5. The molecule has 16 heavy (non-hydrogen) atoms. The molecule has 0 amide bonds. The summed E-state index contributed by atoms with van der Waals surface area (Å²) in [7, 11) is 1.71. The molecule has 0 aliphatic carbocycles. The van der Waals surface area contributed by atoms with Gasteiger partial charge in [-0.2, -0.15) is 0 Å². The quantitative estimate of drug-likeness (QED) is 0.802. The van der Waals surface area contributed by atoms with Crippen LogP contribution < -0.4 is 0 Å². The molecule has 3 nitrogen and oxygen atoms in total. The fourth-order valence-electron chi connectivity index (χ4n) is 1.66. The number of nitrogens with zero attached hydrogens (tertiary/aromatic N) is 1. The molecule has 0 saturated heterocycles. The fourth-order valence-corrected chi connectivity index (χ4v) is 1.66. The number of likely N-dealkylation sites (N-methyl/N-ethyl adjacent to an activating group) is 1. The van der Waals surface area contributed by atoms with Crippen molar-refractivity contribution < 1.29 is 9.84 Å². The van der Waals surface area contributed by atoms with Gasteiger partial charge in [-0.05, 0) is 19.0 Å². The number of phenolic OH excluding ortho intramolecular Hbond substituents is 1. The van der Waals surface area contributed by atoms with Crippen molar-refractivity contribution in [3.8, 4) is 5.75 Å². The smallest absolute Gasteiger partial charge is 0.122 e. The van der Waals surface area contributed by atoms with E-state index in [1.165, 1.54) is 0 Å². The van der Waals surface area contributed by atoms with Crippen molar-refractivity contribution in [1.82, 2.24) is 4.90 Å². The maximum Gasteiger partial charge on any atom is 0.122 e. The average Bonchev–Trinajstić information content (AvgIpc) is 2.30. The fraction of sp³-hybridized carbons (Fsp3) is 0.538. The molecular formula is C13H21NO2. The normalized spacial score (nSPS) is 11.0. The molecule has 0 bridgehead atoms. The van der Waals surface area contributed by atoms with E-state index in [1.807, 2.05) is 25.1 Å². The van der Waals surface area contributed by atoms with Crippen molar-refractivity contribution in [3.63, 3.8) is 0 Å². The first-order valence-corrected chi connectivity index (χ1v) is 5.67. The Morgan fingerprint density at radius 2 is 2.12 bits per heavy atom. The van der Waals surface area contributed by atoms with Crippen LogP contribution >= 0.6 is 0 Å². The van der Waals surface area contributed by atoms with E-state index in [0.29, 0.717) is 5.75 Å². The number of aryl methyl sites for hydroxylation is 1. The SMILES string of the molecule is CCN(CCOC)Cc1cccc(C)c1O. The van der Waals surface area contributed by atoms with Crippen molar-refractivity contribution in [1.29, 1.82) is 0 Å². The summed E-state index contributed by atoms with van der Waals surface area (Å²) in [5, 5.41) is 9.91. The Morgan fingerprint density at radius 3 is 2.75 bits per heavy atom. The van der Waals surface area contributed by atoms with Crippen LogP contribution in [0.3, 0.4) is 0 Å². The zero-order valence-electron chi connectivity index (χ0n) is 10.4. The van der Waals surface area contributed by atoms with Crippen molar-refractivity contribution in [3.05, 3.63) is 29.3 Å². The predicted octanol–water partition coefficient (Wildman–Crippen LogP) is 2.17. The number of benzene rings is 1. The van der Waals surface area contributed by atoms with Gasteiger partial charge in [-0.3, -0.25) is 4.90 Å². The molecule has 0 aliphatic rings. The van der Waals surface area contributed by atoms with Crippen LogP contribution in [-0.2, 0) is 11.3 Å². The predicted molar refractivity (Wildman–Crippen MR) is 65.7 cm³/mol. The Labute approximate surface area is 97.7 Å². The highest BCUT2D eigenvalue weighted by molar-refractivity contribution is 5.39. The van der Waals surface area contributed by atoms with E-state index in [0.717, 1.165) is 37.4 Å². The van der Waals surface area contributed by atoms with Crippen LogP contribution in [0.5, 0.6) is 5.75 Å². The standard InChI is InChI=1S/C13H21NO2/c1-4-14(8-9-16-3)10-12-7-5-6-11(2)13(12)15/h5-7,15H,4,8-10H2,1-3H3. The topological polar surface area (TPSA) is 32.7 Å². The molecule has 0 aliphatic heterocycles. The molecule has 1 rings (SSSR count). The van der Waals surface area contributed by atoms with Crippen LogP contribution in [0.25, 0.3) is 0 Å². The van der Waals surface area contributed by atoms with Gasteiger partial charge in [0.15, 0.2) is 0 Å². The van der Waals surface area contributed by atoms with Crippen LogP contribution in [0, 0.1) is 6.92 Å². The van der Waals surface area contributed by atoms with E-state index in [2.05, 4.69) is 11.8 Å². The minimum atomic E-state index is 0.415. The summed E-state index contributed by atoms with van der Waals surface area (Å²) < 4.78 is 5.06. The number of para-hydroxylation sites is 1. The highest BCUT2D eigenvalue weighted by Crippen LogP contribution is 2.22. The maximum atomic E-state index is 9.91. The Balaban J connectivity index is 2.66. The van der Waals surface area contributed by atoms with E-state index < -0.39 is 0 Å². The van der Waals surface area contributed by atoms with Crippen LogP contribution in [0.15, 0.2) is 18.2 Å². The first-order valence-electron chi connectivity index (χ1n) is 5.67. The molecule has 3 heteroatoms. The zero-order valence-corrected chi connectivity index (χ0v) is 10.4. The maximum absolute atomic E-state index is 9.91. The van der Waals surface area contributed by atoms with E-state index in [9.17, 15) is 5.11 Å². The lowest BCUT2D eigenvalue weighted by molar-refractivity contribution is 0.147. The van der Waals surface area contributed by atoms with Gasteiger partial charge in [0.1, 0.15) is 5.75 Å². The number of rotatable bonds is 6. The van der Waals surface area contributed by atoms with Gasteiger partial charge in [0.2, 0.25) is 0 Å². The minimum absolute atomic E-state index is 0.415. The van der Waals surface area contributed by atoms with E-state index in [4.69, 9.17) is 4.74 Å². The molecule has 0 spiro atoms. The Bertz CT molecular complexity index is 326. The largest absolute Gasteiger partial charge is 0.507 e. The number of hydrogen-bond acceptors (Lipinski definition) is 3. The van der Waals surface area contributed by atoms with E-state index in [-0.39, 0.29) is 0 Å². The molecule has 0 saturated carbocycles. The molecule has 1 N–H and O–H groups in total.